The van der Waals surface area contributed by atoms with Crippen LogP contribution in [0.25, 0.3) is 15.9 Å². The lowest BCUT2D eigenvalue weighted by molar-refractivity contribution is 0.635. The molecule has 8 heteroatoms. The van der Waals surface area contributed by atoms with Gasteiger partial charge in [-0.1, -0.05) is 17.8 Å². The van der Waals surface area contributed by atoms with Gasteiger partial charge < -0.3 is 0 Å². The van der Waals surface area contributed by atoms with E-state index in [2.05, 4.69) is 9.97 Å². The second-order valence-corrected chi connectivity index (χ2v) is 7.70. The van der Waals surface area contributed by atoms with E-state index in [4.69, 9.17) is 0 Å². The Kier molecular flexibility index (Phi) is 4.37. The predicted octanol–water partition coefficient (Wildman–Crippen LogP) is 3.09. The van der Waals surface area contributed by atoms with Crippen LogP contribution in [0.5, 0.6) is 0 Å². The van der Waals surface area contributed by atoms with E-state index in [1.807, 2.05) is 37.4 Å². The van der Waals surface area contributed by atoms with E-state index >= 15 is 0 Å². The van der Waals surface area contributed by atoms with Gasteiger partial charge in [0.05, 0.1) is 11.2 Å². The molecule has 4 rings (SSSR count). The molecule has 0 aliphatic rings. The molecule has 0 aromatic carbocycles. The number of fused-ring (bicyclic) bond motifs is 2. The van der Waals surface area contributed by atoms with Crippen molar-refractivity contribution in [2.75, 3.05) is 0 Å². The van der Waals surface area contributed by atoms with Crippen molar-refractivity contribution in [3.63, 3.8) is 0 Å². The standard InChI is InChI=1S/C18H16N4O2S2/c1-3-21-17(24)15-13(6-8-25-15)20-18(21)26-10-12-9-14(23)22-7-4-5-11(2)16(22)19-12/h4-9H,3,10H2,1-2H3. The van der Waals surface area contributed by atoms with E-state index in [0.717, 1.165) is 11.1 Å². The number of pyridine rings is 1. The number of rotatable bonds is 4. The molecule has 26 heavy (non-hydrogen) atoms. The Hall–Kier alpha value is -2.45. The molecule has 0 fully saturated rings. The van der Waals surface area contributed by atoms with Crippen LogP contribution >= 0.6 is 23.1 Å². The second kappa shape index (κ2) is 6.69. The summed E-state index contributed by atoms with van der Waals surface area (Å²) in [7, 11) is 0. The van der Waals surface area contributed by atoms with Gasteiger partial charge in [-0.3, -0.25) is 18.6 Å². The minimum atomic E-state index is -0.108. The molecule has 4 aromatic heterocycles. The molecular weight excluding hydrogens is 368 g/mol. The summed E-state index contributed by atoms with van der Waals surface area (Å²) in [5.74, 6) is 0.474. The number of thioether (sulfide) groups is 1. The largest absolute Gasteiger partial charge is 0.287 e. The molecule has 0 radical (unpaired) electrons. The number of aromatic nitrogens is 4. The van der Waals surface area contributed by atoms with Crippen LogP contribution in [0.2, 0.25) is 0 Å². The van der Waals surface area contributed by atoms with Crippen LogP contribution in [-0.2, 0) is 12.3 Å². The lowest BCUT2D eigenvalue weighted by Crippen LogP contribution is -2.21. The molecule has 0 bridgehead atoms. The number of hydrogen-bond acceptors (Lipinski definition) is 6. The molecule has 0 atom stereocenters. The van der Waals surface area contributed by atoms with Gasteiger partial charge >= 0.3 is 0 Å². The van der Waals surface area contributed by atoms with Gasteiger partial charge in [0.15, 0.2) is 5.16 Å². The molecule has 0 unspecified atom stereocenters. The van der Waals surface area contributed by atoms with Crippen LogP contribution in [0.3, 0.4) is 0 Å². The summed E-state index contributed by atoms with van der Waals surface area (Å²) >= 11 is 2.84. The lowest BCUT2D eigenvalue weighted by atomic mass is 10.3. The molecule has 0 N–H and O–H groups in total. The Morgan fingerprint density at radius 1 is 1.23 bits per heavy atom. The Morgan fingerprint density at radius 3 is 2.88 bits per heavy atom. The third-order valence-corrected chi connectivity index (χ3v) is 6.04. The topological polar surface area (TPSA) is 69.3 Å². The van der Waals surface area contributed by atoms with Crippen molar-refractivity contribution in [3.8, 4) is 0 Å². The molecule has 4 aromatic rings. The molecule has 132 valence electrons. The van der Waals surface area contributed by atoms with Gasteiger partial charge in [-0.05, 0) is 36.9 Å². The molecule has 4 heterocycles. The summed E-state index contributed by atoms with van der Waals surface area (Å²) in [6.45, 7) is 4.41. The van der Waals surface area contributed by atoms with Crippen LogP contribution in [0.1, 0.15) is 18.2 Å². The van der Waals surface area contributed by atoms with Crippen LogP contribution in [-0.4, -0.2) is 18.9 Å². The Labute approximate surface area is 157 Å². The van der Waals surface area contributed by atoms with Gasteiger partial charge in [0.1, 0.15) is 10.3 Å². The van der Waals surface area contributed by atoms with E-state index in [1.165, 1.54) is 29.2 Å². The van der Waals surface area contributed by atoms with E-state index in [0.29, 0.717) is 33.5 Å². The van der Waals surface area contributed by atoms with E-state index in [1.54, 1.807) is 15.2 Å². The van der Waals surface area contributed by atoms with Crippen LogP contribution < -0.4 is 11.1 Å². The minimum absolute atomic E-state index is 0.0163. The fourth-order valence-corrected chi connectivity index (χ4v) is 4.57. The first kappa shape index (κ1) is 17.0. The molecule has 0 aliphatic heterocycles. The zero-order chi connectivity index (χ0) is 18.3. The average molecular weight is 384 g/mol. The van der Waals surface area contributed by atoms with Gasteiger partial charge in [0, 0.05) is 24.6 Å². The minimum Gasteiger partial charge on any atom is -0.287 e. The highest BCUT2D eigenvalue weighted by Crippen LogP contribution is 2.23. The van der Waals surface area contributed by atoms with Crippen molar-refractivity contribution in [2.45, 2.75) is 31.3 Å². The van der Waals surface area contributed by atoms with Gasteiger partial charge in [-0.2, -0.15) is 0 Å². The first-order chi connectivity index (χ1) is 12.6. The molecule has 0 aliphatic carbocycles. The Bertz CT molecular complexity index is 1240. The van der Waals surface area contributed by atoms with Crippen molar-refractivity contribution >= 4 is 39.0 Å². The third kappa shape index (κ3) is 2.85. The zero-order valence-corrected chi connectivity index (χ0v) is 15.9. The van der Waals surface area contributed by atoms with Crippen molar-refractivity contribution in [1.29, 1.82) is 0 Å². The Morgan fingerprint density at radius 2 is 2.08 bits per heavy atom. The van der Waals surface area contributed by atoms with E-state index in [9.17, 15) is 9.59 Å². The summed E-state index contributed by atoms with van der Waals surface area (Å²) in [6.07, 6.45) is 1.72. The lowest BCUT2D eigenvalue weighted by Gasteiger charge is -2.10. The highest BCUT2D eigenvalue weighted by atomic mass is 32.2. The van der Waals surface area contributed by atoms with Crippen LogP contribution in [0.4, 0.5) is 0 Å². The normalized spacial score (nSPS) is 11.5. The zero-order valence-electron chi connectivity index (χ0n) is 14.3. The first-order valence-electron chi connectivity index (χ1n) is 8.17. The summed E-state index contributed by atoms with van der Waals surface area (Å²) in [4.78, 5) is 34.1. The maximum Gasteiger partial charge on any atom is 0.272 e. The smallest absolute Gasteiger partial charge is 0.272 e. The van der Waals surface area contributed by atoms with Gasteiger partial charge in [0.2, 0.25) is 0 Å². The molecule has 0 spiro atoms. The van der Waals surface area contributed by atoms with Gasteiger partial charge in [0.25, 0.3) is 11.1 Å². The molecular formula is C18H16N4O2S2. The quantitative estimate of drug-likeness (QED) is 0.399. The maximum atomic E-state index is 12.6. The number of aryl methyl sites for hydroxylation is 1. The monoisotopic (exact) mass is 384 g/mol. The molecule has 6 nitrogen and oxygen atoms in total. The highest BCUT2D eigenvalue weighted by molar-refractivity contribution is 7.98. The second-order valence-electron chi connectivity index (χ2n) is 5.84. The first-order valence-corrected chi connectivity index (χ1v) is 10.0. The summed E-state index contributed by atoms with van der Waals surface area (Å²) in [5, 5.41) is 2.53. The number of nitrogens with zero attached hydrogens (tertiary/aromatic N) is 4. The number of hydrogen-bond donors (Lipinski definition) is 0. The number of thiophene rings is 1. The molecule has 0 amide bonds. The van der Waals surface area contributed by atoms with Crippen LogP contribution in [0, 0.1) is 6.92 Å². The molecule has 0 saturated carbocycles. The van der Waals surface area contributed by atoms with Crippen molar-refractivity contribution < 1.29 is 0 Å². The van der Waals surface area contributed by atoms with Crippen LogP contribution in [0.15, 0.2) is 50.6 Å². The maximum absolute atomic E-state index is 12.6. The van der Waals surface area contributed by atoms with Gasteiger partial charge in [-0.15, -0.1) is 11.3 Å². The fraction of sp³-hybridized carbons (Fsp3) is 0.222. The van der Waals surface area contributed by atoms with E-state index < -0.39 is 0 Å². The predicted molar refractivity (Wildman–Crippen MR) is 105 cm³/mol. The van der Waals surface area contributed by atoms with Crippen molar-refractivity contribution in [3.05, 3.63) is 67.8 Å². The summed E-state index contributed by atoms with van der Waals surface area (Å²) < 4.78 is 3.89. The summed E-state index contributed by atoms with van der Waals surface area (Å²) in [5.41, 5.74) is 2.87. The average Bonchev–Trinajstić information content (AvgIpc) is 3.10. The highest BCUT2D eigenvalue weighted by Gasteiger charge is 2.12. The third-order valence-electron chi connectivity index (χ3n) is 4.14. The molecule has 0 saturated heterocycles. The fourth-order valence-electron chi connectivity index (χ4n) is 2.83. The van der Waals surface area contributed by atoms with Crippen molar-refractivity contribution in [1.82, 2.24) is 18.9 Å². The SMILES string of the molecule is CCn1c(SCc2cc(=O)n3cccc(C)c3n2)nc2ccsc2c1=O. The van der Waals surface area contributed by atoms with Crippen molar-refractivity contribution in [2.24, 2.45) is 0 Å². The van der Waals surface area contributed by atoms with E-state index in [-0.39, 0.29) is 11.1 Å². The summed E-state index contributed by atoms with van der Waals surface area (Å²) in [6, 6.07) is 7.16. The Balaban J connectivity index is 1.73. The van der Waals surface area contributed by atoms with Gasteiger partial charge in [-0.25, -0.2) is 9.97 Å².